The minimum atomic E-state index is -0.399. The maximum atomic E-state index is 12.0. The number of carbonyl (C=O) groups excluding carboxylic acids is 2. The van der Waals surface area contributed by atoms with Crippen LogP contribution >= 0.6 is 0 Å². The van der Waals surface area contributed by atoms with Gasteiger partial charge in [0.1, 0.15) is 11.3 Å². The van der Waals surface area contributed by atoms with Crippen molar-refractivity contribution in [1.82, 2.24) is 0 Å². The van der Waals surface area contributed by atoms with Crippen molar-refractivity contribution < 1.29 is 14.7 Å². The van der Waals surface area contributed by atoms with Gasteiger partial charge in [0.25, 0.3) is 0 Å². The highest BCUT2D eigenvalue weighted by molar-refractivity contribution is 6.33. The van der Waals surface area contributed by atoms with Crippen LogP contribution in [0.1, 0.15) is 15.9 Å². The van der Waals surface area contributed by atoms with E-state index in [1.165, 1.54) is 0 Å². The molecular formula is C14H8O3. The fourth-order valence-corrected chi connectivity index (χ4v) is 2.21. The number of hydrogen-bond donors (Lipinski definition) is 1. The van der Waals surface area contributed by atoms with Crippen LogP contribution in [0, 0.1) is 0 Å². The molecule has 0 aliphatic heterocycles. The van der Waals surface area contributed by atoms with Gasteiger partial charge in [-0.2, -0.15) is 0 Å². The molecule has 0 saturated heterocycles. The highest BCUT2D eigenvalue weighted by Gasteiger charge is 2.30. The molecule has 0 aromatic heterocycles. The molecule has 2 aromatic carbocycles. The van der Waals surface area contributed by atoms with Gasteiger partial charge >= 0.3 is 0 Å². The number of allylic oxidation sites excluding steroid dienone is 1. The zero-order valence-corrected chi connectivity index (χ0v) is 8.81. The average Bonchev–Trinajstić information content (AvgIpc) is 2.61. The lowest BCUT2D eigenvalue weighted by atomic mass is 9.99. The van der Waals surface area contributed by atoms with Crippen molar-refractivity contribution in [3.8, 4) is 0 Å². The summed E-state index contributed by atoms with van der Waals surface area (Å²) in [5.74, 6) is -0.616. The van der Waals surface area contributed by atoms with E-state index in [1.807, 2.05) is 30.3 Å². The van der Waals surface area contributed by atoms with Gasteiger partial charge in [0.2, 0.25) is 5.78 Å². The lowest BCUT2D eigenvalue weighted by Crippen LogP contribution is -2.00. The average molecular weight is 224 g/mol. The van der Waals surface area contributed by atoms with Crippen molar-refractivity contribution in [3.63, 3.8) is 0 Å². The van der Waals surface area contributed by atoms with Gasteiger partial charge in [0.15, 0.2) is 6.29 Å². The fraction of sp³-hybridized carbons (Fsp3) is 0. The lowest BCUT2D eigenvalue weighted by molar-refractivity contribution is -0.104. The Bertz CT molecular complexity index is 696. The minimum absolute atomic E-state index is 0.156. The van der Waals surface area contributed by atoms with Gasteiger partial charge in [-0.1, -0.05) is 30.3 Å². The number of aliphatic hydroxyl groups excluding tert-OH is 1. The molecule has 0 heterocycles. The molecule has 0 unspecified atom stereocenters. The van der Waals surface area contributed by atoms with Gasteiger partial charge in [-0.05, 0) is 16.8 Å². The van der Waals surface area contributed by atoms with E-state index in [2.05, 4.69) is 0 Å². The van der Waals surface area contributed by atoms with E-state index in [0.29, 0.717) is 17.4 Å². The van der Waals surface area contributed by atoms with Crippen LogP contribution in [0.15, 0.2) is 42.0 Å². The Kier molecular flexibility index (Phi) is 1.89. The third kappa shape index (κ3) is 1.16. The summed E-state index contributed by atoms with van der Waals surface area (Å²) in [7, 11) is 0. The normalized spacial score (nSPS) is 14.2. The number of fused-ring (bicyclic) bond motifs is 3. The van der Waals surface area contributed by atoms with E-state index in [0.717, 1.165) is 10.8 Å². The SMILES string of the molecule is O=CC1=C(O)c2ccc3ccccc3c2C1=O. The van der Waals surface area contributed by atoms with Crippen molar-refractivity contribution in [1.29, 1.82) is 0 Å². The molecule has 2 aromatic rings. The highest BCUT2D eigenvalue weighted by Crippen LogP contribution is 2.35. The van der Waals surface area contributed by atoms with Crippen LogP contribution < -0.4 is 0 Å². The number of aldehydes is 1. The lowest BCUT2D eigenvalue weighted by Gasteiger charge is -2.03. The van der Waals surface area contributed by atoms with E-state index >= 15 is 0 Å². The Labute approximate surface area is 97.0 Å². The van der Waals surface area contributed by atoms with Gasteiger partial charge in [0, 0.05) is 11.1 Å². The summed E-state index contributed by atoms with van der Waals surface area (Å²) < 4.78 is 0. The first kappa shape index (κ1) is 9.78. The molecule has 82 valence electrons. The molecule has 0 amide bonds. The second kappa shape index (κ2) is 3.28. The quantitative estimate of drug-likeness (QED) is 0.598. The third-order valence-corrected chi connectivity index (χ3v) is 3.03. The predicted octanol–water partition coefficient (Wildman–Crippen LogP) is 2.50. The summed E-state index contributed by atoms with van der Waals surface area (Å²) in [5.41, 5.74) is 0.704. The molecule has 0 radical (unpaired) electrons. The number of Topliss-reactive ketones (excluding diaryl/α,β-unsaturated/α-hetero) is 1. The third-order valence-electron chi connectivity index (χ3n) is 3.03. The molecule has 1 N–H and O–H groups in total. The molecule has 0 spiro atoms. The molecule has 1 aliphatic rings. The molecule has 3 nitrogen and oxygen atoms in total. The van der Waals surface area contributed by atoms with Gasteiger partial charge < -0.3 is 5.11 Å². The Morgan fingerprint density at radius 1 is 1.06 bits per heavy atom. The molecule has 1 aliphatic carbocycles. The second-order valence-electron chi connectivity index (χ2n) is 3.92. The van der Waals surface area contributed by atoms with Crippen LogP contribution in [-0.2, 0) is 4.79 Å². The van der Waals surface area contributed by atoms with Crippen LogP contribution in [0.4, 0.5) is 0 Å². The van der Waals surface area contributed by atoms with Crippen molar-refractivity contribution in [2.45, 2.75) is 0 Å². The summed E-state index contributed by atoms with van der Waals surface area (Å²) in [5, 5.41) is 11.5. The summed E-state index contributed by atoms with van der Waals surface area (Å²) in [6, 6.07) is 10.9. The molecule has 0 saturated carbocycles. The molecular weight excluding hydrogens is 216 g/mol. The molecule has 3 heteroatoms. The van der Waals surface area contributed by atoms with E-state index in [-0.39, 0.29) is 11.3 Å². The Morgan fingerprint density at radius 3 is 2.59 bits per heavy atom. The van der Waals surface area contributed by atoms with E-state index in [4.69, 9.17) is 0 Å². The van der Waals surface area contributed by atoms with Gasteiger partial charge in [-0.15, -0.1) is 0 Å². The van der Waals surface area contributed by atoms with Gasteiger partial charge in [0.05, 0.1) is 0 Å². The largest absolute Gasteiger partial charge is 0.506 e. The van der Waals surface area contributed by atoms with E-state index in [9.17, 15) is 14.7 Å². The molecule has 17 heavy (non-hydrogen) atoms. The fourth-order valence-electron chi connectivity index (χ4n) is 2.21. The number of hydrogen-bond acceptors (Lipinski definition) is 3. The van der Waals surface area contributed by atoms with E-state index in [1.54, 1.807) is 6.07 Å². The highest BCUT2D eigenvalue weighted by atomic mass is 16.3. The Balaban J connectivity index is 2.43. The summed E-state index contributed by atoms with van der Waals surface area (Å²) in [4.78, 5) is 22.8. The monoisotopic (exact) mass is 224 g/mol. The topological polar surface area (TPSA) is 54.4 Å². The van der Waals surface area contributed by atoms with Gasteiger partial charge in [-0.25, -0.2) is 0 Å². The van der Waals surface area contributed by atoms with Crippen molar-refractivity contribution in [2.75, 3.05) is 0 Å². The maximum Gasteiger partial charge on any atom is 0.201 e. The standard InChI is InChI=1S/C14H8O3/c15-7-11-13(16)10-6-5-8-3-1-2-4-9(8)12(10)14(11)17/h1-7,16H. The summed E-state index contributed by atoms with van der Waals surface area (Å²) in [6.45, 7) is 0. The number of ketones is 1. The first-order chi connectivity index (χ1) is 8.24. The molecule has 0 atom stereocenters. The second-order valence-corrected chi connectivity index (χ2v) is 3.92. The van der Waals surface area contributed by atoms with E-state index < -0.39 is 5.78 Å². The molecule has 3 rings (SSSR count). The Hall–Kier alpha value is -2.42. The first-order valence-corrected chi connectivity index (χ1v) is 5.19. The summed E-state index contributed by atoms with van der Waals surface area (Å²) in [6.07, 6.45) is 0.409. The van der Waals surface area contributed by atoms with Crippen LogP contribution in [-0.4, -0.2) is 17.2 Å². The zero-order valence-electron chi connectivity index (χ0n) is 8.81. The van der Waals surface area contributed by atoms with Crippen molar-refractivity contribution >= 4 is 28.6 Å². The van der Waals surface area contributed by atoms with Crippen molar-refractivity contribution in [3.05, 3.63) is 53.1 Å². The number of benzene rings is 2. The molecule has 0 fully saturated rings. The van der Waals surface area contributed by atoms with Crippen LogP contribution in [0.5, 0.6) is 0 Å². The number of carbonyl (C=O) groups is 2. The van der Waals surface area contributed by atoms with Crippen LogP contribution in [0.25, 0.3) is 16.5 Å². The van der Waals surface area contributed by atoms with Gasteiger partial charge in [-0.3, -0.25) is 9.59 Å². The Morgan fingerprint density at radius 2 is 1.82 bits per heavy atom. The van der Waals surface area contributed by atoms with Crippen molar-refractivity contribution in [2.24, 2.45) is 0 Å². The smallest absolute Gasteiger partial charge is 0.201 e. The minimum Gasteiger partial charge on any atom is -0.506 e. The summed E-state index contributed by atoms with van der Waals surface area (Å²) >= 11 is 0. The number of rotatable bonds is 1. The maximum absolute atomic E-state index is 12.0. The first-order valence-electron chi connectivity index (χ1n) is 5.19. The predicted molar refractivity (Wildman–Crippen MR) is 63.9 cm³/mol. The molecule has 0 bridgehead atoms. The van der Waals surface area contributed by atoms with Crippen LogP contribution in [0.3, 0.4) is 0 Å². The zero-order chi connectivity index (χ0) is 12.0. The van der Waals surface area contributed by atoms with Crippen LogP contribution in [0.2, 0.25) is 0 Å². The number of aliphatic hydroxyl groups is 1.